The van der Waals surface area contributed by atoms with Gasteiger partial charge >= 0.3 is 0 Å². The van der Waals surface area contributed by atoms with Gasteiger partial charge in [-0.15, -0.1) is 0 Å². The minimum absolute atomic E-state index is 0.141. The van der Waals surface area contributed by atoms with Crippen LogP contribution in [0.15, 0.2) is 23.1 Å². The van der Waals surface area contributed by atoms with Crippen LogP contribution in [-0.2, 0) is 16.1 Å². The summed E-state index contributed by atoms with van der Waals surface area (Å²) in [5.41, 5.74) is 3.17. The molecule has 0 aliphatic heterocycles. The van der Waals surface area contributed by atoms with E-state index in [1.54, 1.807) is 12.1 Å². The van der Waals surface area contributed by atoms with Crippen molar-refractivity contribution in [2.75, 3.05) is 0 Å². The summed E-state index contributed by atoms with van der Waals surface area (Å²) >= 11 is 0. The van der Waals surface area contributed by atoms with E-state index in [0.717, 1.165) is 22.2 Å². The first kappa shape index (κ1) is 11.5. The summed E-state index contributed by atoms with van der Waals surface area (Å²) in [6, 6.07) is 4.95. The summed E-state index contributed by atoms with van der Waals surface area (Å²) in [5, 5.41) is 1.06. The molecule has 0 N–H and O–H groups in total. The SMILES string of the molecule is Cc1c(C)n(C)c2cc(S(=O)(=O)Cl)ccc12. The fourth-order valence-electron chi connectivity index (χ4n) is 1.88. The number of hydrogen-bond donors (Lipinski definition) is 0. The van der Waals surface area contributed by atoms with Crippen LogP contribution in [0.25, 0.3) is 10.9 Å². The molecule has 86 valence electrons. The molecule has 16 heavy (non-hydrogen) atoms. The molecule has 0 saturated carbocycles. The zero-order valence-electron chi connectivity index (χ0n) is 9.28. The highest BCUT2D eigenvalue weighted by atomic mass is 35.7. The molecular formula is C11H12ClNO2S. The van der Waals surface area contributed by atoms with Gasteiger partial charge in [-0.2, -0.15) is 0 Å². The third-order valence-electron chi connectivity index (χ3n) is 3.06. The van der Waals surface area contributed by atoms with E-state index in [9.17, 15) is 8.42 Å². The Morgan fingerprint density at radius 1 is 1.25 bits per heavy atom. The molecule has 0 spiro atoms. The lowest BCUT2D eigenvalue weighted by Gasteiger charge is -2.00. The van der Waals surface area contributed by atoms with E-state index in [0.29, 0.717) is 0 Å². The Morgan fingerprint density at radius 3 is 2.44 bits per heavy atom. The second kappa shape index (κ2) is 3.50. The van der Waals surface area contributed by atoms with Crippen molar-refractivity contribution in [1.29, 1.82) is 0 Å². The average Bonchev–Trinajstić information content (AvgIpc) is 2.43. The van der Waals surface area contributed by atoms with Crippen molar-refractivity contribution in [2.24, 2.45) is 7.05 Å². The molecule has 0 aliphatic carbocycles. The number of halogens is 1. The first-order valence-corrected chi connectivity index (χ1v) is 7.13. The quantitative estimate of drug-likeness (QED) is 0.737. The Balaban J connectivity index is 2.87. The molecule has 2 aromatic rings. The molecule has 3 nitrogen and oxygen atoms in total. The van der Waals surface area contributed by atoms with Gasteiger partial charge in [0, 0.05) is 34.3 Å². The van der Waals surface area contributed by atoms with E-state index in [-0.39, 0.29) is 4.90 Å². The van der Waals surface area contributed by atoms with Crippen molar-refractivity contribution in [3.05, 3.63) is 29.5 Å². The van der Waals surface area contributed by atoms with Gasteiger partial charge in [-0.05, 0) is 31.5 Å². The van der Waals surface area contributed by atoms with Crippen LogP contribution in [0.3, 0.4) is 0 Å². The molecule has 2 rings (SSSR count). The maximum Gasteiger partial charge on any atom is 0.261 e. The van der Waals surface area contributed by atoms with Crippen LogP contribution in [0.2, 0.25) is 0 Å². The van der Waals surface area contributed by atoms with Gasteiger partial charge in [-0.3, -0.25) is 0 Å². The van der Waals surface area contributed by atoms with Crippen molar-refractivity contribution in [1.82, 2.24) is 4.57 Å². The molecule has 5 heteroatoms. The number of fused-ring (bicyclic) bond motifs is 1. The summed E-state index contributed by atoms with van der Waals surface area (Å²) in [5.74, 6) is 0. The molecule has 0 fully saturated rings. The standard InChI is InChI=1S/C11H12ClNO2S/c1-7-8(2)13(3)11-6-9(16(12,14)15)4-5-10(7)11/h4-6H,1-3H3. The van der Waals surface area contributed by atoms with E-state index >= 15 is 0 Å². The Morgan fingerprint density at radius 2 is 1.88 bits per heavy atom. The first-order valence-electron chi connectivity index (χ1n) is 4.82. The van der Waals surface area contributed by atoms with E-state index in [2.05, 4.69) is 0 Å². The number of nitrogens with zero attached hydrogens (tertiary/aromatic N) is 1. The van der Waals surface area contributed by atoms with Gasteiger partial charge in [0.05, 0.1) is 4.90 Å². The normalized spacial score (nSPS) is 12.2. The van der Waals surface area contributed by atoms with Gasteiger partial charge < -0.3 is 4.57 Å². The van der Waals surface area contributed by atoms with E-state index in [1.165, 1.54) is 6.07 Å². The van der Waals surface area contributed by atoms with E-state index in [4.69, 9.17) is 10.7 Å². The molecule has 1 aromatic carbocycles. The molecule has 0 bridgehead atoms. The minimum Gasteiger partial charge on any atom is -0.348 e. The molecule has 0 radical (unpaired) electrons. The summed E-state index contributed by atoms with van der Waals surface area (Å²) < 4.78 is 24.4. The maximum absolute atomic E-state index is 11.2. The van der Waals surface area contributed by atoms with Gasteiger partial charge in [0.2, 0.25) is 0 Å². The van der Waals surface area contributed by atoms with Crippen molar-refractivity contribution >= 4 is 30.6 Å². The van der Waals surface area contributed by atoms with Crippen LogP contribution < -0.4 is 0 Å². The Hall–Kier alpha value is -1.00. The van der Waals surface area contributed by atoms with Gasteiger partial charge in [-0.25, -0.2) is 8.42 Å². The van der Waals surface area contributed by atoms with Gasteiger partial charge in [0.25, 0.3) is 9.05 Å². The Labute approximate surface area is 99.1 Å². The third-order valence-corrected chi connectivity index (χ3v) is 4.41. The summed E-state index contributed by atoms with van der Waals surface area (Å²) in [6.07, 6.45) is 0. The average molecular weight is 258 g/mol. The molecule has 1 aromatic heterocycles. The topological polar surface area (TPSA) is 39.1 Å². The summed E-state index contributed by atoms with van der Waals surface area (Å²) in [4.78, 5) is 0.141. The molecule has 0 amide bonds. The molecule has 0 aliphatic rings. The number of aryl methyl sites for hydroxylation is 2. The highest BCUT2D eigenvalue weighted by molar-refractivity contribution is 8.13. The summed E-state index contributed by atoms with van der Waals surface area (Å²) in [6.45, 7) is 4.02. The Kier molecular flexibility index (Phi) is 2.51. The molecule has 1 heterocycles. The second-order valence-electron chi connectivity index (χ2n) is 3.89. The molecule has 0 atom stereocenters. The maximum atomic E-state index is 11.2. The van der Waals surface area contributed by atoms with Crippen LogP contribution in [0.1, 0.15) is 11.3 Å². The highest BCUT2D eigenvalue weighted by Gasteiger charge is 2.14. The third kappa shape index (κ3) is 1.62. The lowest BCUT2D eigenvalue weighted by atomic mass is 10.2. The lowest BCUT2D eigenvalue weighted by Crippen LogP contribution is -1.93. The molecule has 0 unspecified atom stereocenters. The fourth-order valence-corrected chi connectivity index (χ4v) is 2.66. The molecule has 0 saturated heterocycles. The van der Waals surface area contributed by atoms with Gasteiger partial charge in [0.15, 0.2) is 0 Å². The fraction of sp³-hybridized carbons (Fsp3) is 0.273. The Bertz CT molecular complexity index is 671. The van der Waals surface area contributed by atoms with E-state index < -0.39 is 9.05 Å². The second-order valence-corrected chi connectivity index (χ2v) is 6.45. The van der Waals surface area contributed by atoms with Crippen LogP contribution in [0, 0.1) is 13.8 Å². The smallest absolute Gasteiger partial charge is 0.261 e. The van der Waals surface area contributed by atoms with Crippen molar-refractivity contribution in [3.8, 4) is 0 Å². The predicted molar refractivity (Wildman–Crippen MR) is 65.4 cm³/mol. The number of rotatable bonds is 1. The van der Waals surface area contributed by atoms with Gasteiger partial charge in [0.1, 0.15) is 0 Å². The number of aromatic nitrogens is 1. The van der Waals surface area contributed by atoms with Crippen molar-refractivity contribution in [2.45, 2.75) is 18.7 Å². The zero-order chi connectivity index (χ0) is 12.1. The van der Waals surface area contributed by atoms with Gasteiger partial charge in [-0.1, -0.05) is 6.07 Å². The minimum atomic E-state index is -3.66. The molecular weight excluding hydrogens is 246 g/mol. The van der Waals surface area contributed by atoms with Crippen LogP contribution in [-0.4, -0.2) is 13.0 Å². The highest BCUT2D eigenvalue weighted by Crippen LogP contribution is 2.27. The predicted octanol–water partition coefficient (Wildman–Crippen LogP) is 2.72. The van der Waals surface area contributed by atoms with Crippen LogP contribution in [0.4, 0.5) is 0 Å². The summed E-state index contributed by atoms with van der Waals surface area (Å²) in [7, 11) is 3.58. The first-order chi connectivity index (χ1) is 7.32. The zero-order valence-corrected chi connectivity index (χ0v) is 10.9. The lowest BCUT2D eigenvalue weighted by molar-refractivity contribution is 0.609. The van der Waals surface area contributed by atoms with Crippen LogP contribution in [0.5, 0.6) is 0 Å². The largest absolute Gasteiger partial charge is 0.348 e. The van der Waals surface area contributed by atoms with E-state index in [1.807, 2.05) is 25.5 Å². The van der Waals surface area contributed by atoms with Crippen molar-refractivity contribution in [3.63, 3.8) is 0 Å². The van der Waals surface area contributed by atoms with Crippen molar-refractivity contribution < 1.29 is 8.42 Å². The van der Waals surface area contributed by atoms with Crippen LogP contribution >= 0.6 is 10.7 Å². The number of hydrogen-bond acceptors (Lipinski definition) is 2. The number of benzene rings is 1. The monoisotopic (exact) mass is 257 g/mol.